The maximum Gasteiger partial charge on any atom is 0.254 e. The number of halogens is 1. The largest absolute Gasteiger partial charge is 0.327 e. The van der Waals surface area contributed by atoms with Gasteiger partial charge in [-0.3, -0.25) is 9.59 Å². The van der Waals surface area contributed by atoms with Crippen molar-refractivity contribution in [3.63, 3.8) is 0 Å². The van der Waals surface area contributed by atoms with Gasteiger partial charge in [0.05, 0.1) is 0 Å². The van der Waals surface area contributed by atoms with Crippen LogP contribution in [-0.4, -0.2) is 29.3 Å². The van der Waals surface area contributed by atoms with Gasteiger partial charge in [-0.25, -0.2) is 4.39 Å². The molecule has 1 aliphatic rings. The zero-order valence-corrected chi connectivity index (χ0v) is 14.4. The fraction of sp³-hybridized carbons (Fsp3) is 0.300. The van der Waals surface area contributed by atoms with Crippen LogP contribution in [0.1, 0.15) is 34.3 Å². The van der Waals surface area contributed by atoms with Gasteiger partial charge in [-0.2, -0.15) is 0 Å². The molecule has 0 bridgehead atoms. The second-order valence-electron chi connectivity index (χ2n) is 6.47. The maximum atomic E-state index is 13.4. The number of nitrogens with zero attached hydrogens (tertiary/aromatic N) is 1. The molecule has 2 aromatic carbocycles. The topological polar surface area (TPSA) is 49.4 Å². The van der Waals surface area contributed by atoms with Gasteiger partial charge in [0.2, 0.25) is 5.91 Å². The summed E-state index contributed by atoms with van der Waals surface area (Å²) < 4.78 is 13.4. The number of nitrogens with one attached hydrogen (secondary N) is 1. The highest BCUT2D eigenvalue weighted by molar-refractivity contribution is 6.01. The van der Waals surface area contributed by atoms with Crippen LogP contribution in [0.3, 0.4) is 0 Å². The maximum absolute atomic E-state index is 13.4. The van der Waals surface area contributed by atoms with Gasteiger partial charge < -0.3 is 10.2 Å². The molecule has 0 saturated carbocycles. The van der Waals surface area contributed by atoms with Crippen molar-refractivity contribution in [3.05, 3.63) is 65.0 Å². The lowest BCUT2D eigenvalue weighted by Crippen LogP contribution is -2.43. The summed E-state index contributed by atoms with van der Waals surface area (Å²) in [5, 5.41) is 2.93. The van der Waals surface area contributed by atoms with Gasteiger partial charge in [0.25, 0.3) is 5.91 Å². The molecular weight excluding hydrogens is 319 g/mol. The SMILES string of the molecule is Cc1ccc(C)c(NC(=O)[C@H]2CCCN2C(=O)c2cccc(F)c2)c1. The molecule has 130 valence electrons. The third-order valence-electron chi connectivity index (χ3n) is 4.54. The third kappa shape index (κ3) is 3.71. The first-order valence-electron chi connectivity index (χ1n) is 8.40. The van der Waals surface area contributed by atoms with Crippen LogP contribution < -0.4 is 5.32 Å². The number of likely N-dealkylation sites (tertiary alicyclic amines) is 1. The van der Waals surface area contributed by atoms with Gasteiger partial charge in [0.1, 0.15) is 11.9 Å². The number of rotatable bonds is 3. The molecule has 0 unspecified atom stereocenters. The molecule has 1 heterocycles. The minimum atomic E-state index is -0.532. The lowest BCUT2D eigenvalue weighted by molar-refractivity contribution is -0.119. The molecule has 1 saturated heterocycles. The zero-order valence-electron chi connectivity index (χ0n) is 14.4. The quantitative estimate of drug-likeness (QED) is 0.926. The highest BCUT2D eigenvalue weighted by Crippen LogP contribution is 2.23. The Balaban J connectivity index is 1.78. The summed E-state index contributed by atoms with van der Waals surface area (Å²) in [6.45, 7) is 4.39. The predicted octanol–water partition coefficient (Wildman–Crippen LogP) is 3.69. The van der Waals surface area contributed by atoms with E-state index in [1.54, 1.807) is 6.07 Å². The molecule has 0 spiro atoms. The van der Waals surface area contributed by atoms with Crippen LogP contribution in [-0.2, 0) is 4.79 Å². The zero-order chi connectivity index (χ0) is 18.0. The van der Waals surface area contributed by atoms with E-state index in [9.17, 15) is 14.0 Å². The highest BCUT2D eigenvalue weighted by atomic mass is 19.1. The molecule has 4 nitrogen and oxygen atoms in total. The lowest BCUT2D eigenvalue weighted by atomic mass is 10.1. The molecule has 0 radical (unpaired) electrons. The van der Waals surface area contributed by atoms with E-state index >= 15 is 0 Å². The molecule has 1 N–H and O–H groups in total. The van der Waals surface area contributed by atoms with Crippen LogP contribution in [0, 0.1) is 19.7 Å². The van der Waals surface area contributed by atoms with Crippen LogP contribution in [0.5, 0.6) is 0 Å². The second-order valence-corrected chi connectivity index (χ2v) is 6.47. The van der Waals surface area contributed by atoms with Gasteiger partial charge in [0.15, 0.2) is 0 Å². The van der Waals surface area contributed by atoms with Crippen molar-refractivity contribution < 1.29 is 14.0 Å². The highest BCUT2D eigenvalue weighted by Gasteiger charge is 2.34. The van der Waals surface area contributed by atoms with Gasteiger partial charge in [-0.15, -0.1) is 0 Å². The summed E-state index contributed by atoms with van der Waals surface area (Å²) >= 11 is 0. The normalized spacial score (nSPS) is 16.8. The number of anilines is 1. The Labute approximate surface area is 146 Å². The first kappa shape index (κ1) is 17.1. The standard InChI is InChI=1S/C20H21FN2O2/c1-13-8-9-14(2)17(11-13)22-19(24)18-7-4-10-23(18)20(25)15-5-3-6-16(21)12-15/h3,5-6,8-9,11-12,18H,4,7,10H2,1-2H3,(H,22,24)/t18-/m1/s1. The van der Waals surface area contributed by atoms with Crippen molar-refractivity contribution in [1.29, 1.82) is 0 Å². The molecule has 2 aromatic rings. The van der Waals surface area contributed by atoms with E-state index in [-0.39, 0.29) is 17.4 Å². The number of carbonyl (C=O) groups excluding carboxylic acids is 2. The van der Waals surface area contributed by atoms with Crippen LogP contribution in [0.15, 0.2) is 42.5 Å². The predicted molar refractivity (Wildman–Crippen MR) is 95.0 cm³/mol. The van der Waals surface area contributed by atoms with Gasteiger partial charge >= 0.3 is 0 Å². The fourth-order valence-electron chi connectivity index (χ4n) is 3.16. The van der Waals surface area contributed by atoms with Crippen molar-refractivity contribution in [3.8, 4) is 0 Å². The summed E-state index contributed by atoms with van der Waals surface area (Å²) in [5.74, 6) is -0.962. The lowest BCUT2D eigenvalue weighted by Gasteiger charge is -2.24. The molecule has 1 fully saturated rings. The summed E-state index contributed by atoms with van der Waals surface area (Å²) in [5.41, 5.74) is 3.06. The minimum Gasteiger partial charge on any atom is -0.327 e. The molecule has 0 aliphatic carbocycles. The van der Waals surface area contributed by atoms with E-state index in [4.69, 9.17) is 0 Å². The molecule has 2 amide bonds. The molecule has 1 atom stereocenters. The first-order chi connectivity index (χ1) is 12.0. The summed E-state index contributed by atoms with van der Waals surface area (Å²) in [4.78, 5) is 26.9. The number of hydrogen-bond acceptors (Lipinski definition) is 2. The van der Waals surface area contributed by atoms with E-state index in [1.807, 2.05) is 32.0 Å². The van der Waals surface area contributed by atoms with Crippen LogP contribution in [0.25, 0.3) is 0 Å². The van der Waals surface area contributed by atoms with E-state index in [2.05, 4.69) is 5.32 Å². The van der Waals surface area contributed by atoms with Gasteiger partial charge in [0, 0.05) is 17.8 Å². The molecule has 0 aromatic heterocycles. The van der Waals surface area contributed by atoms with E-state index < -0.39 is 11.9 Å². The number of aryl methyl sites for hydroxylation is 2. The number of benzene rings is 2. The van der Waals surface area contributed by atoms with E-state index in [0.717, 1.165) is 23.2 Å². The molecule has 3 rings (SSSR count). The summed E-state index contributed by atoms with van der Waals surface area (Å²) in [6, 6.07) is 10.9. The summed E-state index contributed by atoms with van der Waals surface area (Å²) in [6.07, 6.45) is 1.36. The Morgan fingerprint density at radius 3 is 2.72 bits per heavy atom. The first-order valence-corrected chi connectivity index (χ1v) is 8.40. The van der Waals surface area contributed by atoms with Crippen LogP contribution >= 0.6 is 0 Å². The van der Waals surface area contributed by atoms with Crippen molar-refractivity contribution in [2.75, 3.05) is 11.9 Å². The Morgan fingerprint density at radius 2 is 1.96 bits per heavy atom. The molecule has 1 aliphatic heterocycles. The Morgan fingerprint density at radius 1 is 1.16 bits per heavy atom. The Kier molecular flexibility index (Phi) is 4.83. The van der Waals surface area contributed by atoms with Crippen molar-refractivity contribution in [2.45, 2.75) is 32.7 Å². The van der Waals surface area contributed by atoms with Crippen LogP contribution in [0.2, 0.25) is 0 Å². The number of amides is 2. The average Bonchev–Trinajstić information content (AvgIpc) is 3.07. The second kappa shape index (κ2) is 7.05. The van der Waals surface area contributed by atoms with E-state index in [0.29, 0.717) is 13.0 Å². The molecule has 5 heteroatoms. The minimum absolute atomic E-state index is 0.198. The van der Waals surface area contributed by atoms with Gasteiger partial charge in [-0.05, 0) is 62.1 Å². The number of carbonyl (C=O) groups is 2. The Hall–Kier alpha value is -2.69. The van der Waals surface area contributed by atoms with Crippen molar-refractivity contribution >= 4 is 17.5 Å². The van der Waals surface area contributed by atoms with Crippen molar-refractivity contribution in [1.82, 2.24) is 4.90 Å². The van der Waals surface area contributed by atoms with Gasteiger partial charge in [-0.1, -0.05) is 18.2 Å². The van der Waals surface area contributed by atoms with Crippen LogP contribution in [0.4, 0.5) is 10.1 Å². The fourth-order valence-corrected chi connectivity index (χ4v) is 3.16. The average molecular weight is 340 g/mol. The van der Waals surface area contributed by atoms with Crippen molar-refractivity contribution in [2.24, 2.45) is 0 Å². The van der Waals surface area contributed by atoms with E-state index in [1.165, 1.54) is 23.1 Å². The third-order valence-corrected chi connectivity index (χ3v) is 4.54. The molecular formula is C20H21FN2O2. The number of hydrogen-bond donors (Lipinski definition) is 1. The smallest absolute Gasteiger partial charge is 0.254 e. The summed E-state index contributed by atoms with van der Waals surface area (Å²) in [7, 11) is 0. The Bertz CT molecular complexity index is 819. The molecule has 25 heavy (non-hydrogen) atoms. The monoisotopic (exact) mass is 340 g/mol.